The molecule has 140 valence electrons. The highest BCUT2D eigenvalue weighted by Crippen LogP contribution is 2.27. The Morgan fingerprint density at radius 3 is 2.89 bits per heavy atom. The lowest BCUT2D eigenvalue weighted by Crippen LogP contribution is -2.14. The number of rotatable bonds is 6. The van der Waals surface area contributed by atoms with Crippen LogP contribution >= 0.6 is 11.8 Å². The molecule has 0 atom stereocenters. The zero-order chi connectivity index (χ0) is 19.3. The number of pyridine rings is 2. The maximum Gasteiger partial charge on any atom is 0.257 e. The minimum Gasteiger partial charge on any atom is -0.497 e. The quantitative estimate of drug-likeness (QED) is 0.498. The van der Waals surface area contributed by atoms with Crippen LogP contribution in [0.4, 0.5) is 5.82 Å². The summed E-state index contributed by atoms with van der Waals surface area (Å²) in [7, 11) is 1.58. The molecule has 7 heteroatoms. The Hall–Kier alpha value is -3.32. The van der Waals surface area contributed by atoms with Gasteiger partial charge in [-0.2, -0.15) is 0 Å². The van der Waals surface area contributed by atoms with Gasteiger partial charge in [0.1, 0.15) is 17.2 Å². The molecule has 3 heterocycles. The van der Waals surface area contributed by atoms with Crippen LogP contribution < -0.4 is 10.1 Å². The predicted molar refractivity (Wildman–Crippen MR) is 110 cm³/mol. The van der Waals surface area contributed by atoms with Gasteiger partial charge in [0.2, 0.25) is 0 Å². The van der Waals surface area contributed by atoms with Crippen LogP contribution in [-0.4, -0.2) is 27.4 Å². The molecule has 4 rings (SSSR count). The molecule has 6 nitrogen and oxygen atoms in total. The van der Waals surface area contributed by atoms with Crippen LogP contribution in [0.25, 0.3) is 5.65 Å². The van der Waals surface area contributed by atoms with Crippen molar-refractivity contribution >= 4 is 29.1 Å². The fourth-order valence-corrected chi connectivity index (χ4v) is 3.71. The second-order valence-corrected chi connectivity index (χ2v) is 7.04. The third-order valence-electron chi connectivity index (χ3n) is 4.13. The molecular weight excluding hydrogens is 372 g/mol. The molecule has 0 aliphatic heterocycles. The smallest absolute Gasteiger partial charge is 0.257 e. The molecule has 0 unspecified atom stereocenters. The highest BCUT2D eigenvalue weighted by molar-refractivity contribution is 7.98. The van der Waals surface area contributed by atoms with Gasteiger partial charge in [0.25, 0.3) is 5.91 Å². The van der Waals surface area contributed by atoms with E-state index in [4.69, 9.17) is 4.74 Å². The van der Waals surface area contributed by atoms with Gasteiger partial charge in [0, 0.05) is 35.3 Å². The number of fused-ring (bicyclic) bond motifs is 1. The first-order valence-electron chi connectivity index (χ1n) is 8.69. The van der Waals surface area contributed by atoms with E-state index >= 15 is 0 Å². The number of ether oxygens (including phenoxy) is 1. The van der Waals surface area contributed by atoms with Crippen LogP contribution in [0.1, 0.15) is 16.1 Å². The number of amides is 1. The number of thioether (sulfide) groups is 1. The second-order valence-electron chi connectivity index (χ2n) is 6.02. The molecule has 4 aromatic rings. The molecular formula is C21H18N4O2S. The van der Waals surface area contributed by atoms with E-state index in [1.165, 1.54) is 0 Å². The van der Waals surface area contributed by atoms with Gasteiger partial charge in [-0.1, -0.05) is 18.2 Å². The number of benzene rings is 1. The monoisotopic (exact) mass is 390 g/mol. The Balaban J connectivity index is 1.50. The summed E-state index contributed by atoms with van der Waals surface area (Å²) in [5.74, 6) is 1.55. The van der Waals surface area contributed by atoms with Gasteiger partial charge >= 0.3 is 0 Å². The Morgan fingerprint density at radius 1 is 1.18 bits per heavy atom. The molecule has 0 bridgehead atoms. The Labute approximate surface area is 166 Å². The summed E-state index contributed by atoms with van der Waals surface area (Å²) in [4.78, 5) is 22.4. The largest absolute Gasteiger partial charge is 0.497 e. The molecule has 0 spiro atoms. The third kappa shape index (κ3) is 3.99. The summed E-state index contributed by atoms with van der Waals surface area (Å²) < 4.78 is 7.16. The first-order valence-corrected chi connectivity index (χ1v) is 9.67. The standard InChI is InChI=1S/C21H18N4O2S/c1-27-16-9-10-22-19(12-16)24-21(26)17-6-2-3-7-18(17)28-14-15-13-25-11-5-4-8-20(25)23-15/h2-13H,14H2,1H3,(H,22,24,26). The molecule has 1 amide bonds. The minimum absolute atomic E-state index is 0.209. The summed E-state index contributed by atoms with van der Waals surface area (Å²) in [6.45, 7) is 0. The summed E-state index contributed by atoms with van der Waals surface area (Å²) in [5, 5.41) is 2.83. The van der Waals surface area contributed by atoms with Gasteiger partial charge < -0.3 is 14.5 Å². The lowest BCUT2D eigenvalue weighted by Gasteiger charge is -2.09. The Morgan fingerprint density at radius 2 is 2.04 bits per heavy atom. The molecule has 1 aromatic carbocycles. The van der Waals surface area contributed by atoms with Crippen molar-refractivity contribution in [1.29, 1.82) is 0 Å². The molecule has 0 saturated carbocycles. The number of anilines is 1. The van der Waals surface area contributed by atoms with Crippen molar-refractivity contribution in [3.8, 4) is 5.75 Å². The highest BCUT2D eigenvalue weighted by atomic mass is 32.2. The lowest BCUT2D eigenvalue weighted by atomic mass is 10.2. The van der Waals surface area contributed by atoms with Crippen LogP contribution in [0.3, 0.4) is 0 Å². The number of methoxy groups -OCH3 is 1. The zero-order valence-corrected chi connectivity index (χ0v) is 16.0. The maximum absolute atomic E-state index is 12.8. The van der Waals surface area contributed by atoms with E-state index in [1.807, 2.05) is 59.3 Å². The molecule has 28 heavy (non-hydrogen) atoms. The maximum atomic E-state index is 12.8. The van der Waals surface area contributed by atoms with Crippen LogP contribution in [-0.2, 0) is 5.75 Å². The number of hydrogen-bond donors (Lipinski definition) is 1. The average molecular weight is 390 g/mol. The molecule has 3 aromatic heterocycles. The summed E-state index contributed by atoms with van der Waals surface area (Å²) in [5.41, 5.74) is 2.47. The Bertz CT molecular complexity index is 1090. The number of nitrogens with one attached hydrogen (secondary N) is 1. The van der Waals surface area contributed by atoms with Gasteiger partial charge in [0.15, 0.2) is 0 Å². The van der Waals surface area contributed by atoms with Crippen LogP contribution in [0, 0.1) is 0 Å². The summed E-state index contributed by atoms with van der Waals surface area (Å²) in [6.07, 6.45) is 5.57. The fraction of sp³-hybridized carbons (Fsp3) is 0.0952. The highest BCUT2D eigenvalue weighted by Gasteiger charge is 2.13. The van der Waals surface area contributed by atoms with Crippen molar-refractivity contribution in [2.24, 2.45) is 0 Å². The van der Waals surface area contributed by atoms with Crippen molar-refractivity contribution in [1.82, 2.24) is 14.4 Å². The Kier molecular flexibility index (Phi) is 5.25. The summed E-state index contributed by atoms with van der Waals surface area (Å²) >= 11 is 1.58. The van der Waals surface area contributed by atoms with E-state index in [0.717, 1.165) is 16.2 Å². The van der Waals surface area contributed by atoms with Crippen molar-refractivity contribution in [3.05, 3.63) is 84.4 Å². The van der Waals surface area contributed by atoms with Crippen molar-refractivity contribution < 1.29 is 9.53 Å². The summed E-state index contributed by atoms with van der Waals surface area (Å²) in [6, 6.07) is 16.8. The average Bonchev–Trinajstić information content (AvgIpc) is 3.15. The number of carbonyl (C=O) groups is 1. The van der Waals surface area contributed by atoms with Crippen molar-refractivity contribution in [2.75, 3.05) is 12.4 Å². The number of carbonyl (C=O) groups excluding carboxylic acids is 1. The van der Waals surface area contributed by atoms with E-state index in [0.29, 0.717) is 22.9 Å². The molecule has 0 saturated heterocycles. The van der Waals surface area contributed by atoms with Gasteiger partial charge in [-0.3, -0.25) is 4.79 Å². The van der Waals surface area contributed by atoms with Gasteiger partial charge in [-0.05, 0) is 30.3 Å². The van der Waals surface area contributed by atoms with Gasteiger partial charge in [0.05, 0.1) is 18.4 Å². The molecule has 0 aliphatic carbocycles. The molecule has 0 fully saturated rings. The number of nitrogens with zero attached hydrogens (tertiary/aromatic N) is 3. The zero-order valence-electron chi connectivity index (χ0n) is 15.2. The normalized spacial score (nSPS) is 10.8. The van der Waals surface area contributed by atoms with Gasteiger partial charge in [-0.25, -0.2) is 9.97 Å². The first kappa shape index (κ1) is 18.1. The second kappa shape index (κ2) is 8.14. The van der Waals surface area contributed by atoms with E-state index in [-0.39, 0.29) is 5.91 Å². The number of hydrogen-bond acceptors (Lipinski definition) is 5. The predicted octanol–water partition coefficient (Wildman–Crippen LogP) is 4.28. The van der Waals surface area contributed by atoms with Crippen molar-refractivity contribution in [3.63, 3.8) is 0 Å². The van der Waals surface area contributed by atoms with Gasteiger partial charge in [-0.15, -0.1) is 11.8 Å². The van der Waals surface area contributed by atoms with E-state index in [1.54, 1.807) is 37.2 Å². The lowest BCUT2D eigenvalue weighted by molar-refractivity contribution is 0.102. The number of imidazole rings is 1. The minimum atomic E-state index is -0.209. The topological polar surface area (TPSA) is 68.5 Å². The fourth-order valence-electron chi connectivity index (χ4n) is 2.78. The molecule has 0 aliphatic rings. The molecule has 1 N–H and O–H groups in total. The SMILES string of the molecule is COc1ccnc(NC(=O)c2ccccc2SCc2cn3ccccc3n2)c1. The van der Waals surface area contributed by atoms with E-state index in [2.05, 4.69) is 15.3 Å². The first-order chi connectivity index (χ1) is 13.7. The number of aromatic nitrogens is 3. The van der Waals surface area contributed by atoms with Crippen LogP contribution in [0.2, 0.25) is 0 Å². The van der Waals surface area contributed by atoms with Crippen LogP contribution in [0.15, 0.2) is 78.1 Å². The third-order valence-corrected chi connectivity index (χ3v) is 5.24. The van der Waals surface area contributed by atoms with E-state index in [9.17, 15) is 4.79 Å². The molecule has 0 radical (unpaired) electrons. The van der Waals surface area contributed by atoms with Crippen molar-refractivity contribution in [2.45, 2.75) is 10.6 Å². The van der Waals surface area contributed by atoms with Crippen LogP contribution in [0.5, 0.6) is 5.75 Å². The van der Waals surface area contributed by atoms with E-state index < -0.39 is 0 Å².